The highest BCUT2D eigenvalue weighted by Gasteiger charge is 2.50. The summed E-state index contributed by atoms with van der Waals surface area (Å²) in [6, 6.07) is 21.3. The van der Waals surface area contributed by atoms with E-state index in [2.05, 4.69) is 17.4 Å². The number of nitrogens with zero attached hydrogens (tertiary/aromatic N) is 1. The van der Waals surface area contributed by atoms with Crippen LogP contribution in [0, 0.1) is 17.7 Å². The number of anilines is 2. The van der Waals surface area contributed by atoms with Crippen molar-refractivity contribution in [2.45, 2.75) is 25.2 Å². The Kier molecular flexibility index (Phi) is 6.81. The third kappa shape index (κ3) is 5.14. The first-order chi connectivity index (χ1) is 17.9. The van der Waals surface area contributed by atoms with Gasteiger partial charge in [-0.2, -0.15) is 0 Å². The van der Waals surface area contributed by atoms with Gasteiger partial charge in [0.05, 0.1) is 23.1 Å². The van der Waals surface area contributed by atoms with Crippen molar-refractivity contribution >= 4 is 35.1 Å². The molecule has 37 heavy (non-hydrogen) atoms. The molecule has 1 saturated carbocycles. The minimum absolute atomic E-state index is 0.180. The molecule has 1 saturated heterocycles. The molecule has 7 nitrogen and oxygen atoms in total. The van der Waals surface area contributed by atoms with Crippen molar-refractivity contribution in [2.75, 3.05) is 16.8 Å². The summed E-state index contributed by atoms with van der Waals surface area (Å²) in [5.41, 5.74) is 2.15. The Morgan fingerprint density at radius 3 is 2.24 bits per heavy atom. The Balaban J connectivity index is 1.20. The van der Waals surface area contributed by atoms with Gasteiger partial charge in [-0.1, -0.05) is 30.3 Å². The molecule has 2 fully saturated rings. The molecule has 3 aromatic carbocycles. The number of rotatable bonds is 6. The van der Waals surface area contributed by atoms with Gasteiger partial charge in [0.25, 0.3) is 5.91 Å². The fourth-order valence-corrected chi connectivity index (χ4v) is 5.15. The zero-order valence-corrected chi connectivity index (χ0v) is 19.9. The van der Waals surface area contributed by atoms with Crippen molar-refractivity contribution in [1.29, 1.82) is 0 Å². The van der Waals surface area contributed by atoms with Gasteiger partial charge in [-0.05, 0) is 79.3 Å². The maximum atomic E-state index is 13.2. The van der Waals surface area contributed by atoms with E-state index in [-0.39, 0.29) is 35.1 Å². The second kappa shape index (κ2) is 10.3. The molecule has 1 N–H and O–H groups in total. The van der Waals surface area contributed by atoms with Crippen LogP contribution in [0.3, 0.4) is 0 Å². The molecule has 0 unspecified atom stereocenters. The Hall–Kier alpha value is -4.33. The predicted molar refractivity (Wildman–Crippen MR) is 134 cm³/mol. The van der Waals surface area contributed by atoms with E-state index in [0.29, 0.717) is 24.2 Å². The van der Waals surface area contributed by atoms with Gasteiger partial charge in [-0.3, -0.25) is 19.3 Å². The van der Waals surface area contributed by atoms with Crippen LogP contribution in [0.4, 0.5) is 15.8 Å². The molecule has 2 aliphatic rings. The summed E-state index contributed by atoms with van der Waals surface area (Å²) in [6.45, 7) is -0.521. The normalized spacial score (nSPS) is 20.9. The largest absolute Gasteiger partial charge is 0.452 e. The highest BCUT2D eigenvalue weighted by molar-refractivity contribution is 6.22. The van der Waals surface area contributed by atoms with Crippen LogP contribution >= 0.6 is 0 Å². The summed E-state index contributed by atoms with van der Waals surface area (Å²) < 4.78 is 18.0. The van der Waals surface area contributed by atoms with E-state index in [0.717, 1.165) is 6.42 Å². The number of carbonyl (C=O) groups is 4. The van der Waals surface area contributed by atoms with Crippen LogP contribution in [0.2, 0.25) is 0 Å². The summed E-state index contributed by atoms with van der Waals surface area (Å²) in [4.78, 5) is 52.0. The van der Waals surface area contributed by atoms with E-state index in [9.17, 15) is 23.6 Å². The van der Waals surface area contributed by atoms with Crippen LogP contribution in [0.15, 0.2) is 78.9 Å². The van der Waals surface area contributed by atoms with E-state index >= 15 is 0 Å². The Morgan fingerprint density at radius 2 is 1.54 bits per heavy atom. The summed E-state index contributed by atoms with van der Waals surface area (Å²) in [7, 11) is 0. The van der Waals surface area contributed by atoms with Crippen molar-refractivity contribution in [2.24, 2.45) is 11.8 Å². The van der Waals surface area contributed by atoms with Gasteiger partial charge < -0.3 is 10.1 Å². The number of imide groups is 1. The number of carbonyl (C=O) groups excluding carboxylic acids is 4. The molecule has 0 radical (unpaired) electrons. The van der Waals surface area contributed by atoms with Crippen LogP contribution in [0.1, 0.15) is 41.1 Å². The van der Waals surface area contributed by atoms with Crippen LogP contribution < -0.4 is 10.2 Å². The first-order valence-corrected chi connectivity index (χ1v) is 12.2. The lowest BCUT2D eigenvalue weighted by Gasteiger charge is -2.28. The van der Waals surface area contributed by atoms with Crippen molar-refractivity contribution in [3.05, 3.63) is 95.8 Å². The number of hydrogen-bond acceptors (Lipinski definition) is 5. The molecule has 3 aromatic rings. The summed E-state index contributed by atoms with van der Waals surface area (Å²) in [6.07, 6.45) is 2.16. The van der Waals surface area contributed by atoms with Crippen molar-refractivity contribution in [3.63, 3.8) is 0 Å². The van der Waals surface area contributed by atoms with Gasteiger partial charge in [-0.15, -0.1) is 0 Å². The molecule has 3 atom stereocenters. The molecule has 0 aromatic heterocycles. The smallest absolute Gasteiger partial charge is 0.338 e. The average molecular weight is 501 g/mol. The summed E-state index contributed by atoms with van der Waals surface area (Å²) >= 11 is 0. The van der Waals surface area contributed by atoms with Crippen molar-refractivity contribution in [1.82, 2.24) is 0 Å². The predicted octanol–water partition coefficient (Wildman–Crippen LogP) is 4.69. The second-order valence-electron chi connectivity index (χ2n) is 9.32. The molecule has 1 aliphatic carbocycles. The number of nitrogens with one attached hydrogen (secondary N) is 1. The van der Waals surface area contributed by atoms with E-state index in [1.54, 1.807) is 0 Å². The van der Waals surface area contributed by atoms with Crippen LogP contribution in [0.5, 0.6) is 0 Å². The third-order valence-electron chi connectivity index (χ3n) is 7.02. The van der Waals surface area contributed by atoms with Crippen LogP contribution in [-0.4, -0.2) is 30.3 Å². The minimum Gasteiger partial charge on any atom is -0.452 e. The average Bonchev–Trinajstić information content (AvgIpc) is 3.18. The molecule has 5 rings (SSSR count). The highest BCUT2D eigenvalue weighted by Crippen LogP contribution is 2.45. The number of hydrogen-bond donors (Lipinski definition) is 1. The van der Waals surface area contributed by atoms with Gasteiger partial charge in [-0.25, -0.2) is 9.18 Å². The van der Waals surface area contributed by atoms with Gasteiger partial charge in [0.1, 0.15) is 5.82 Å². The Morgan fingerprint density at radius 1 is 0.865 bits per heavy atom. The van der Waals surface area contributed by atoms with E-state index in [4.69, 9.17) is 4.74 Å². The first-order valence-electron chi connectivity index (χ1n) is 12.2. The number of halogens is 1. The summed E-state index contributed by atoms with van der Waals surface area (Å²) in [5, 5.41) is 2.51. The van der Waals surface area contributed by atoms with Gasteiger partial charge >= 0.3 is 5.97 Å². The number of esters is 1. The first kappa shape index (κ1) is 24.4. The molecule has 188 valence electrons. The van der Waals surface area contributed by atoms with E-state index in [1.165, 1.54) is 59.0 Å². The summed E-state index contributed by atoms with van der Waals surface area (Å²) in [5.74, 6) is -2.55. The molecule has 1 aliphatic heterocycles. The van der Waals surface area contributed by atoms with Gasteiger partial charge in [0.15, 0.2) is 6.61 Å². The fraction of sp³-hybridized carbons (Fsp3) is 0.241. The zero-order chi connectivity index (χ0) is 25.9. The fourth-order valence-electron chi connectivity index (χ4n) is 5.15. The van der Waals surface area contributed by atoms with Gasteiger partial charge in [0, 0.05) is 5.69 Å². The SMILES string of the molecule is O=C(COC(=O)c1ccc(N2C(=O)[C@@H]3CC[C@H](c4ccccc4)C[C@H]3C2=O)cc1)Nc1ccc(F)cc1. The van der Waals surface area contributed by atoms with Crippen LogP contribution in [-0.2, 0) is 19.1 Å². The maximum Gasteiger partial charge on any atom is 0.338 e. The molecular weight excluding hydrogens is 475 g/mol. The lowest BCUT2D eigenvalue weighted by Crippen LogP contribution is -2.30. The third-order valence-corrected chi connectivity index (χ3v) is 7.02. The maximum absolute atomic E-state index is 13.2. The minimum atomic E-state index is -0.723. The number of amides is 3. The zero-order valence-electron chi connectivity index (χ0n) is 19.9. The van der Waals surface area contributed by atoms with Crippen LogP contribution in [0.25, 0.3) is 0 Å². The van der Waals surface area contributed by atoms with E-state index < -0.39 is 24.3 Å². The molecule has 3 amide bonds. The Bertz CT molecular complexity index is 1320. The lowest BCUT2D eigenvalue weighted by atomic mass is 9.73. The van der Waals surface area contributed by atoms with Gasteiger partial charge in [0.2, 0.25) is 11.8 Å². The number of ether oxygens (including phenoxy) is 1. The quantitative estimate of drug-likeness (QED) is 0.391. The molecule has 1 heterocycles. The van der Waals surface area contributed by atoms with E-state index in [1.807, 2.05) is 18.2 Å². The molecule has 0 spiro atoms. The topological polar surface area (TPSA) is 92.8 Å². The second-order valence-corrected chi connectivity index (χ2v) is 9.32. The number of fused-ring (bicyclic) bond motifs is 1. The van der Waals surface area contributed by atoms with Crippen molar-refractivity contribution in [3.8, 4) is 0 Å². The molecular formula is C29H25FN2O5. The Labute approximate surface area is 213 Å². The monoisotopic (exact) mass is 500 g/mol. The lowest BCUT2D eigenvalue weighted by molar-refractivity contribution is -0.122. The molecule has 0 bridgehead atoms. The highest BCUT2D eigenvalue weighted by atomic mass is 19.1. The van der Waals surface area contributed by atoms with Crippen molar-refractivity contribution < 1.29 is 28.3 Å². The molecule has 8 heteroatoms. The number of benzene rings is 3. The standard InChI is InChI=1S/C29H25FN2O5/c30-21-9-11-22(12-10-21)31-26(33)17-37-29(36)19-6-13-23(14-7-19)32-27(34)24-15-8-20(16-25(24)28(32)35)18-4-2-1-3-5-18/h1-7,9-14,20,24-25H,8,15-17H2,(H,31,33)/t20-,24+,25+/m0/s1.